The molecule has 0 heterocycles. The van der Waals surface area contributed by atoms with Crippen molar-refractivity contribution in [3.8, 4) is 0 Å². The highest BCUT2D eigenvalue weighted by atomic mass is 14.6. The molecule has 1 unspecified atom stereocenters. The lowest BCUT2D eigenvalue weighted by atomic mass is 9.96. The summed E-state index contributed by atoms with van der Waals surface area (Å²) in [6.07, 6.45) is 8.38. The molecule has 58 valence electrons. The smallest absolute Gasteiger partial charge is 0.0102 e. The Labute approximate surface area is 63.3 Å². The van der Waals surface area contributed by atoms with Gasteiger partial charge in [-0.2, -0.15) is 0 Å². The van der Waals surface area contributed by atoms with Gasteiger partial charge in [0.15, 0.2) is 0 Å². The average molecular weight is 139 g/mol. The van der Waals surface area contributed by atoms with E-state index in [9.17, 15) is 0 Å². The molecule has 0 radical (unpaired) electrons. The lowest BCUT2D eigenvalue weighted by Crippen LogP contribution is -2.27. The van der Waals surface area contributed by atoms with Crippen LogP contribution in [0.1, 0.15) is 32.1 Å². The summed E-state index contributed by atoms with van der Waals surface area (Å²) in [5, 5.41) is 0. The lowest BCUT2D eigenvalue weighted by Gasteiger charge is -2.16. The number of rotatable bonds is 3. The molecule has 0 saturated heterocycles. The Morgan fingerprint density at radius 3 is 2.60 bits per heavy atom. The molecule has 1 nitrogen and oxygen atoms in total. The zero-order chi connectivity index (χ0) is 7.40. The Hall–Kier alpha value is -0.300. The topological polar surface area (TPSA) is 26.0 Å². The van der Waals surface area contributed by atoms with Gasteiger partial charge in [-0.1, -0.05) is 18.9 Å². The molecule has 1 fully saturated rings. The van der Waals surface area contributed by atoms with Gasteiger partial charge in [-0.3, -0.25) is 0 Å². The van der Waals surface area contributed by atoms with E-state index in [0.29, 0.717) is 6.04 Å². The Bertz CT molecular complexity index is 103. The molecule has 2 N–H and O–H groups in total. The molecule has 0 bridgehead atoms. The quantitative estimate of drug-likeness (QED) is 0.595. The molecule has 0 amide bonds. The van der Waals surface area contributed by atoms with Crippen LogP contribution in [0, 0.1) is 5.92 Å². The fraction of sp³-hybridized carbons (Fsp3) is 0.778. The Balaban J connectivity index is 2.24. The minimum absolute atomic E-state index is 0.389. The molecule has 1 rings (SSSR count). The van der Waals surface area contributed by atoms with E-state index in [1.54, 1.807) is 0 Å². The Morgan fingerprint density at radius 1 is 1.50 bits per heavy atom. The van der Waals surface area contributed by atoms with Crippen molar-refractivity contribution in [2.45, 2.75) is 38.1 Å². The lowest BCUT2D eigenvalue weighted by molar-refractivity contribution is 0.434. The maximum atomic E-state index is 5.92. The van der Waals surface area contributed by atoms with Gasteiger partial charge >= 0.3 is 0 Å². The Kier molecular flexibility index (Phi) is 2.94. The van der Waals surface area contributed by atoms with E-state index in [2.05, 4.69) is 6.58 Å². The normalized spacial score (nSPS) is 22.9. The first kappa shape index (κ1) is 7.80. The van der Waals surface area contributed by atoms with E-state index in [0.717, 1.165) is 12.3 Å². The number of nitrogens with two attached hydrogens (primary N) is 1. The molecule has 1 heteroatoms. The van der Waals surface area contributed by atoms with Gasteiger partial charge in [-0.25, -0.2) is 0 Å². The van der Waals surface area contributed by atoms with Gasteiger partial charge in [0, 0.05) is 6.04 Å². The van der Waals surface area contributed by atoms with Crippen molar-refractivity contribution in [1.82, 2.24) is 0 Å². The summed E-state index contributed by atoms with van der Waals surface area (Å²) in [5.74, 6) is 0.790. The maximum Gasteiger partial charge on any atom is 0.0102 e. The van der Waals surface area contributed by atoms with Gasteiger partial charge in [-0.05, 0) is 25.2 Å². The molecule has 0 spiro atoms. The standard InChI is InChI=1S/C9H17N/c1-2-5-9(10)8-6-3-4-7-8/h2,8-9H,1,3-7,10H2. The first-order valence-corrected chi connectivity index (χ1v) is 4.21. The molecule has 1 aliphatic rings. The summed E-state index contributed by atoms with van der Waals surface area (Å²) in [4.78, 5) is 0. The van der Waals surface area contributed by atoms with E-state index in [-0.39, 0.29) is 0 Å². The van der Waals surface area contributed by atoms with Crippen LogP contribution in [-0.2, 0) is 0 Å². The van der Waals surface area contributed by atoms with Crippen LogP contribution in [0.4, 0.5) is 0 Å². The minimum atomic E-state index is 0.389. The molecule has 1 saturated carbocycles. The molecule has 0 aromatic rings. The zero-order valence-electron chi connectivity index (χ0n) is 6.55. The van der Waals surface area contributed by atoms with E-state index in [1.165, 1.54) is 25.7 Å². The molecule has 0 aromatic heterocycles. The summed E-state index contributed by atoms with van der Waals surface area (Å²) in [5.41, 5.74) is 5.92. The number of hydrogen-bond donors (Lipinski definition) is 1. The molecule has 1 aliphatic carbocycles. The third-order valence-corrected chi connectivity index (χ3v) is 2.44. The van der Waals surface area contributed by atoms with Crippen molar-refractivity contribution in [1.29, 1.82) is 0 Å². The maximum absolute atomic E-state index is 5.92. The van der Waals surface area contributed by atoms with Crippen molar-refractivity contribution in [3.63, 3.8) is 0 Å². The molecule has 1 atom stereocenters. The second-order valence-electron chi connectivity index (χ2n) is 3.23. The zero-order valence-corrected chi connectivity index (χ0v) is 6.55. The third kappa shape index (κ3) is 1.84. The molecular weight excluding hydrogens is 122 g/mol. The predicted octanol–water partition coefficient (Wildman–Crippen LogP) is 2.08. The summed E-state index contributed by atoms with van der Waals surface area (Å²) < 4.78 is 0. The molecular formula is C9H17N. The highest BCUT2D eigenvalue weighted by Gasteiger charge is 2.20. The van der Waals surface area contributed by atoms with Crippen LogP contribution in [0.2, 0.25) is 0 Å². The fourth-order valence-electron chi connectivity index (χ4n) is 1.77. The van der Waals surface area contributed by atoms with Gasteiger partial charge in [0.1, 0.15) is 0 Å². The highest BCUT2D eigenvalue weighted by molar-refractivity contribution is 4.83. The van der Waals surface area contributed by atoms with Gasteiger partial charge in [0.2, 0.25) is 0 Å². The van der Waals surface area contributed by atoms with Crippen molar-refractivity contribution in [3.05, 3.63) is 12.7 Å². The summed E-state index contributed by atoms with van der Waals surface area (Å²) in [7, 11) is 0. The highest BCUT2D eigenvalue weighted by Crippen LogP contribution is 2.27. The third-order valence-electron chi connectivity index (χ3n) is 2.44. The first-order valence-electron chi connectivity index (χ1n) is 4.21. The van der Waals surface area contributed by atoms with E-state index < -0.39 is 0 Å². The van der Waals surface area contributed by atoms with E-state index >= 15 is 0 Å². The monoisotopic (exact) mass is 139 g/mol. The van der Waals surface area contributed by atoms with Gasteiger partial charge in [0.05, 0.1) is 0 Å². The van der Waals surface area contributed by atoms with Crippen molar-refractivity contribution in [2.75, 3.05) is 0 Å². The fourth-order valence-corrected chi connectivity index (χ4v) is 1.77. The van der Waals surface area contributed by atoms with Crippen LogP contribution in [0.15, 0.2) is 12.7 Å². The summed E-state index contributed by atoms with van der Waals surface area (Å²) in [6, 6.07) is 0.389. The predicted molar refractivity (Wildman–Crippen MR) is 44.7 cm³/mol. The first-order chi connectivity index (χ1) is 4.84. The Morgan fingerprint density at radius 2 is 2.10 bits per heavy atom. The largest absolute Gasteiger partial charge is 0.327 e. The van der Waals surface area contributed by atoms with E-state index in [1.807, 2.05) is 6.08 Å². The van der Waals surface area contributed by atoms with Crippen LogP contribution in [0.5, 0.6) is 0 Å². The van der Waals surface area contributed by atoms with Crippen LogP contribution in [0.25, 0.3) is 0 Å². The second-order valence-corrected chi connectivity index (χ2v) is 3.23. The molecule has 0 aromatic carbocycles. The second kappa shape index (κ2) is 3.77. The van der Waals surface area contributed by atoms with Crippen molar-refractivity contribution >= 4 is 0 Å². The van der Waals surface area contributed by atoms with Gasteiger partial charge in [-0.15, -0.1) is 6.58 Å². The number of hydrogen-bond acceptors (Lipinski definition) is 1. The molecule has 0 aliphatic heterocycles. The van der Waals surface area contributed by atoms with Gasteiger partial charge < -0.3 is 5.73 Å². The SMILES string of the molecule is C=CCC(N)C1CCCC1. The van der Waals surface area contributed by atoms with Crippen LogP contribution in [-0.4, -0.2) is 6.04 Å². The summed E-state index contributed by atoms with van der Waals surface area (Å²) >= 11 is 0. The summed E-state index contributed by atoms with van der Waals surface area (Å²) in [6.45, 7) is 3.69. The van der Waals surface area contributed by atoms with E-state index in [4.69, 9.17) is 5.73 Å². The van der Waals surface area contributed by atoms with Crippen molar-refractivity contribution < 1.29 is 0 Å². The average Bonchev–Trinajstić information content (AvgIpc) is 2.38. The van der Waals surface area contributed by atoms with Crippen LogP contribution >= 0.6 is 0 Å². The van der Waals surface area contributed by atoms with Gasteiger partial charge in [0.25, 0.3) is 0 Å². The van der Waals surface area contributed by atoms with Crippen LogP contribution < -0.4 is 5.73 Å². The molecule has 10 heavy (non-hydrogen) atoms. The van der Waals surface area contributed by atoms with Crippen molar-refractivity contribution in [2.24, 2.45) is 11.7 Å². The minimum Gasteiger partial charge on any atom is -0.327 e. The van der Waals surface area contributed by atoms with Crippen LogP contribution in [0.3, 0.4) is 0 Å².